The van der Waals surface area contributed by atoms with Crippen molar-refractivity contribution in [2.45, 2.75) is 6.42 Å². The van der Waals surface area contributed by atoms with Crippen LogP contribution in [0.4, 0.5) is 5.69 Å². The molecule has 0 aromatic heterocycles. The fraction of sp³-hybridized carbons (Fsp3) is 0.0909. The lowest BCUT2D eigenvalue weighted by Crippen LogP contribution is -2.18. The molecule has 0 bridgehead atoms. The first-order valence-corrected chi connectivity index (χ1v) is 4.72. The van der Waals surface area contributed by atoms with Gasteiger partial charge in [-0.1, -0.05) is 17.9 Å². The summed E-state index contributed by atoms with van der Waals surface area (Å²) in [6.07, 6.45) is 1.01. The van der Waals surface area contributed by atoms with E-state index < -0.39 is 0 Å². The molecule has 0 amide bonds. The van der Waals surface area contributed by atoms with E-state index in [0.29, 0.717) is 0 Å². The molecule has 15 heavy (non-hydrogen) atoms. The summed E-state index contributed by atoms with van der Waals surface area (Å²) in [6.45, 7) is 0. The number of nitrogens with two attached hydrogens (primary N) is 1. The molecule has 1 rings (SSSR count). The van der Waals surface area contributed by atoms with Crippen LogP contribution < -0.4 is 11.1 Å². The number of aldehydes is 1. The summed E-state index contributed by atoms with van der Waals surface area (Å²) in [4.78, 5) is 10.1. The molecule has 76 valence electrons. The van der Waals surface area contributed by atoms with Crippen molar-refractivity contribution in [1.82, 2.24) is 0 Å². The average molecular weight is 218 g/mol. The molecule has 4 heteroatoms. The third-order valence-corrected chi connectivity index (χ3v) is 1.65. The monoisotopic (exact) mass is 218 g/mol. The maximum atomic E-state index is 10.1. The lowest BCUT2D eigenvalue weighted by atomic mass is 10.2. The summed E-state index contributed by atoms with van der Waals surface area (Å²) >= 11 is 4.71. The largest absolute Gasteiger partial charge is 0.376 e. The quantitative estimate of drug-likeness (QED) is 0.446. The van der Waals surface area contributed by atoms with Crippen LogP contribution in [0.15, 0.2) is 24.3 Å². The highest BCUT2D eigenvalue weighted by Gasteiger charge is 1.93. The molecule has 0 aliphatic carbocycles. The lowest BCUT2D eigenvalue weighted by molar-refractivity contribution is -0.107. The van der Waals surface area contributed by atoms with Gasteiger partial charge in [0.15, 0.2) is 5.11 Å². The van der Waals surface area contributed by atoms with Crippen molar-refractivity contribution in [3.8, 4) is 11.8 Å². The zero-order valence-corrected chi connectivity index (χ0v) is 8.80. The summed E-state index contributed by atoms with van der Waals surface area (Å²) in [7, 11) is 0. The van der Waals surface area contributed by atoms with E-state index in [0.717, 1.165) is 17.5 Å². The molecule has 0 atom stereocenters. The van der Waals surface area contributed by atoms with Crippen molar-refractivity contribution >= 4 is 29.3 Å². The molecule has 1 aromatic carbocycles. The van der Waals surface area contributed by atoms with E-state index in [1.807, 2.05) is 24.3 Å². The second-order valence-corrected chi connectivity index (χ2v) is 3.18. The number of nitrogens with one attached hydrogen (secondary N) is 1. The second-order valence-electron chi connectivity index (χ2n) is 2.74. The third-order valence-electron chi connectivity index (χ3n) is 1.55. The topological polar surface area (TPSA) is 55.1 Å². The van der Waals surface area contributed by atoms with E-state index in [-0.39, 0.29) is 11.5 Å². The van der Waals surface area contributed by atoms with Gasteiger partial charge in [0.05, 0.1) is 6.42 Å². The Morgan fingerprint density at radius 3 is 3.07 bits per heavy atom. The molecule has 3 nitrogen and oxygen atoms in total. The highest BCUT2D eigenvalue weighted by atomic mass is 32.1. The van der Waals surface area contributed by atoms with Gasteiger partial charge in [0, 0.05) is 11.3 Å². The van der Waals surface area contributed by atoms with E-state index in [2.05, 4.69) is 17.2 Å². The van der Waals surface area contributed by atoms with Crippen LogP contribution in [-0.2, 0) is 4.79 Å². The average Bonchev–Trinajstić information content (AvgIpc) is 2.18. The van der Waals surface area contributed by atoms with Gasteiger partial charge < -0.3 is 15.8 Å². The summed E-state index contributed by atoms with van der Waals surface area (Å²) in [5.74, 6) is 5.58. The van der Waals surface area contributed by atoms with E-state index in [9.17, 15) is 4.79 Å². The molecule has 0 spiro atoms. The molecular formula is C11H10N2OS. The fourth-order valence-corrected chi connectivity index (χ4v) is 1.13. The Kier molecular flexibility index (Phi) is 4.32. The predicted molar refractivity (Wildman–Crippen MR) is 64.4 cm³/mol. The summed E-state index contributed by atoms with van der Waals surface area (Å²) in [5, 5.41) is 3.02. The minimum absolute atomic E-state index is 0.216. The van der Waals surface area contributed by atoms with Crippen LogP contribution in [0, 0.1) is 11.8 Å². The first-order chi connectivity index (χ1) is 7.22. The van der Waals surface area contributed by atoms with Crippen molar-refractivity contribution < 1.29 is 4.79 Å². The Bertz CT molecular complexity index is 432. The Balaban J connectivity index is 2.79. The number of rotatable bonds is 2. The summed E-state index contributed by atoms with van der Waals surface area (Å²) in [5.41, 5.74) is 6.94. The summed E-state index contributed by atoms with van der Waals surface area (Å²) in [6, 6.07) is 7.34. The number of anilines is 1. The van der Waals surface area contributed by atoms with Crippen molar-refractivity contribution in [2.24, 2.45) is 5.73 Å². The molecule has 3 N–H and O–H groups in total. The maximum Gasteiger partial charge on any atom is 0.168 e. The Morgan fingerprint density at radius 2 is 2.40 bits per heavy atom. The normalized spacial score (nSPS) is 8.53. The van der Waals surface area contributed by atoms with Gasteiger partial charge in [0.25, 0.3) is 0 Å². The van der Waals surface area contributed by atoms with Gasteiger partial charge in [-0.05, 0) is 30.4 Å². The van der Waals surface area contributed by atoms with Gasteiger partial charge in [-0.3, -0.25) is 0 Å². The van der Waals surface area contributed by atoms with Gasteiger partial charge in [-0.25, -0.2) is 0 Å². The third kappa shape index (κ3) is 4.25. The molecule has 1 aromatic rings. The minimum atomic E-state index is 0.216. The first kappa shape index (κ1) is 11.2. The van der Waals surface area contributed by atoms with Gasteiger partial charge in [-0.2, -0.15) is 0 Å². The van der Waals surface area contributed by atoms with Crippen molar-refractivity contribution in [1.29, 1.82) is 0 Å². The van der Waals surface area contributed by atoms with Gasteiger partial charge in [0.1, 0.15) is 6.29 Å². The van der Waals surface area contributed by atoms with Crippen molar-refractivity contribution in [2.75, 3.05) is 5.32 Å². The van der Waals surface area contributed by atoms with Crippen LogP contribution >= 0.6 is 12.2 Å². The second kappa shape index (κ2) is 5.78. The van der Waals surface area contributed by atoms with Crippen molar-refractivity contribution in [3.63, 3.8) is 0 Å². The highest BCUT2D eigenvalue weighted by Crippen LogP contribution is 2.09. The van der Waals surface area contributed by atoms with Crippen LogP contribution in [-0.4, -0.2) is 11.4 Å². The molecule has 0 heterocycles. The molecule has 0 saturated carbocycles. The molecule has 0 unspecified atom stereocenters. The van der Waals surface area contributed by atoms with Gasteiger partial charge >= 0.3 is 0 Å². The maximum absolute atomic E-state index is 10.1. The lowest BCUT2D eigenvalue weighted by Gasteiger charge is -2.02. The van der Waals surface area contributed by atoms with Crippen molar-refractivity contribution in [3.05, 3.63) is 29.8 Å². The minimum Gasteiger partial charge on any atom is -0.376 e. The van der Waals surface area contributed by atoms with Gasteiger partial charge in [0.2, 0.25) is 0 Å². The van der Waals surface area contributed by atoms with Crippen LogP contribution in [0.5, 0.6) is 0 Å². The summed E-state index contributed by atoms with van der Waals surface area (Å²) < 4.78 is 0. The zero-order chi connectivity index (χ0) is 11.1. The van der Waals surface area contributed by atoms with Crippen LogP contribution in [0.1, 0.15) is 12.0 Å². The zero-order valence-electron chi connectivity index (χ0n) is 7.99. The SMILES string of the molecule is NC(=S)Nc1cccc(C#CCC=O)c1. The number of benzene rings is 1. The van der Waals surface area contributed by atoms with Gasteiger partial charge in [-0.15, -0.1) is 0 Å². The molecule has 0 aliphatic heterocycles. The van der Waals surface area contributed by atoms with E-state index in [1.54, 1.807) is 0 Å². The number of hydrogen-bond acceptors (Lipinski definition) is 2. The fourth-order valence-electron chi connectivity index (χ4n) is 1.01. The predicted octanol–water partition coefficient (Wildman–Crippen LogP) is 1.28. The Morgan fingerprint density at radius 1 is 1.60 bits per heavy atom. The number of hydrogen-bond donors (Lipinski definition) is 2. The first-order valence-electron chi connectivity index (χ1n) is 4.31. The molecular weight excluding hydrogens is 208 g/mol. The van der Waals surface area contributed by atoms with E-state index >= 15 is 0 Å². The number of thiocarbonyl (C=S) groups is 1. The van der Waals surface area contributed by atoms with E-state index in [1.165, 1.54) is 0 Å². The van der Waals surface area contributed by atoms with Crippen LogP contribution in [0.3, 0.4) is 0 Å². The standard InChI is InChI=1S/C11H10N2OS/c12-11(15)13-10-6-3-5-9(8-10)4-1-2-7-14/h3,5-8H,2H2,(H3,12,13,15). The van der Waals surface area contributed by atoms with E-state index in [4.69, 9.17) is 18.0 Å². The highest BCUT2D eigenvalue weighted by molar-refractivity contribution is 7.80. The Labute approximate surface area is 93.7 Å². The Hall–Kier alpha value is -1.86. The number of carbonyl (C=O) groups is 1. The van der Waals surface area contributed by atoms with Crippen LogP contribution in [0.2, 0.25) is 0 Å². The smallest absolute Gasteiger partial charge is 0.168 e. The van der Waals surface area contributed by atoms with Crippen LogP contribution in [0.25, 0.3) is 0 Å². The molecule has 0 aliphatic rings. The number of carbonyl (C=O) groups excluding carboxylic acids is 1. The molecule has 0 radical (unpaired) electrons. The molecule has 0 saturated heterocycles. The molecule has 0 fully saturated rings.